The predicted octanol–water partition coefficient (Wildman–Crippen LogP) is 4.65. The highest BCUT2D eigenvalue weighted by Gasteiger charge is 2.22. The van der Waals surface area contributed by atoms with Crippen LogP contribution < -0.4 is 0 Å². The third-order valence-electron chi connectivity index (χ3n) is 5.75. The SMILES string of the molecule is CCc1c(C)sc2ncn3nc(-c4ccc(Cn5nc(C)c([N+](=O)[O-])c5C)cc4)nc3c12. The molecule has 0 saturated carbocycles. The molecule has 4 heterocycles. The minimum atomic E-state index is -0.378. The summed E-state index contributed by atoms with van der Waals surface area (Å²) in [4.78, 5) is 22.5. The van der Waals surface area contributed by atoms with E-state index < -0.39 is 0 Å². The number of hydrogen-bond donors (Lipinski definition) is 0. The van der Waals surface area contributed by atoms with Crippen molar-refractivity contribution in [2.45, 2.75) is 40.7 Å². The Morgan fingerprint density at radius 1 is 1.12 bits per heavy atom. The Morgan fingerprint density at radius 2 is 1.88 bits per heavy atom. The lowest BCUT2D eigenvalue weighted by Crippen LogP contribution is -2.04. The van der Waals surface area contributed by atoms with Crippen molar-refractivity contribution in [3.05, 3.63) is 68.1 Å². The monoisotopic (exact) mass is 447 g/mol. The number of rotatable bonds is 5. The number of thiophene rings is 1. The zero-order chi connectivity index (χ0) is 22.6. The zero-order valence-electron chi connectivity index (χ0n) is 18.2. The summed E-state index contributed by atoms with van der Waals surface area (Å²) in [5.74, 6) is 0.638. The second-order valence-electron chi connectivity index (χ2n) is 7.75. The molecule has 0 amide bonds. The molecule has 0 atom stereocenters. The Balaban J connectivity index is 1.48. The molecule has 1 aromatic carbocycles. The quantitative estimate of drug-likeness (QED) is 0.287. The highest BCUT2D eigenvalue weighted by atomic mass is 32.1. The van der Waals surface area contributed by atoms with Crippen LogP contribution in [0.15, 0.2) is 30.6 Å². The van der Waals surface area contributed by atoms with Crippen LogP contribution in [-0.4, -0.2) is 34.3 Å². The van der Waals surface area contributed by atoms with Crippen molar-refractivity contribution in [2.75, 3.05) is 0 Å². The third-order valence-corrected chi connectivity index (χ3v) is 6.81. The lowest BCUT2D eigenvalue weighted by Gasteiger charge is -2.04. The van der Waals surface area contributed by atoms with Crippen molar-refractivity contribution in [3.63, 3.8) is 0 Å². The first-order valence-electron chi connectivity index (χ1n) is 10.3. The molecule has 0 N–H and O–H groups in total. The normalized spacial score (nSPS) is 11.6. The number of fused-ring (bicyclic) bond motifs is 3. The second-order valence-corrected chi connectivity index (χ2v) is 8.95. The Kier molecular flexibility index (Phi) is 4.74. The molecule has 0 saturated heterocycles. The Hall–Kier alpha value is -3.66. The summed E-state index contributed by atoms with van der Waals surface area (Å²) in [6, 6.07) is 7.88. The topological polar surface area (TPSA) is 104 Å². The summed E-state index contributed by atoms with van der Waals surface area (Å²) >= 11 is 1.69. The lowest BCUT2D eigenvalue weighted by atomic mass is 10.1. The smallest absolute Gasteiger partial charge is 0.258 e. The van der Waals surface area contributed by atoms with Gasteiger partial charge in [0.05, 0.1) is 16.9 Å². The zero-order valence-corrected chi connectivity index (χ0v) is 19.0. The number of aryl methyl sites for hydroxylation is 3. The van der Waals surface area contributed by atoms with Crippen molar-refractivity contribution < 1.29 is 4.92 Å². The van der Waals surface area contributed by atoms with Crippen LogP contribution in [0.1, 0.15) is 34.3 Å². The number of nitro groups is 1. The Morgan fingerprint density at radius 3 is 2.53 bits per heavy atom. The first kappa shape index (κ1) is 20.3. The predicted molar refractivity (Wildman–Crippen MR) is 123 cm³/mol. The maximum atomic E-state index is 11.2. The van der Waals surface area contributed by atoms with Gasteiger partial charge in [-0.3, -0.25) is 14.8 Å². The molecule has 0 aliphatic carbocycles. The third kappa shape index (κ3) is 3.14. The molecule has 0 unspecified atom stereocenters. The van der Waals surface area contributed by atoms with E-state index in [1.54, 1.807) is 40.7 Å². The summed E-state index contributed by atoms with van der Waals surface area (Å²) < 4.78 is 3.41. The van der Waals surface area contributed by atoms with Crippen molar-refractivity contribution in [1.29, 1.82) is 0 Å². The maximum absolute atomic E-state index is 11.2. The van der Waals surface area contributed by atoms with E-state index in [0.717, 1.165) is 33.4 Å². The van der Waals surface area contributed by atoms with E-state index in [1.807, 2.05) is 24.3 Å². The summed E-state index contributed by atoms with van der Waals surface area (Å²) in [5.41, 5.74) is 5.03. The average molecular weight is 448 g/mol. The van der Waals surface area contributed by atoms with Crippen LogP contribution in [0.5, 0.6) is 0 Å². The van der Waals surface area contributed by atoms with Gasteiger partial charge in [-0.1, -0.05) is 31.2 Å². The number of hydrogen-bond acceptors (Lipinski definition) is 7. The van der Waals surface area contributed by atoms with Crippen LogP contribution in [0.3, 0.4) is 0 Å². The molecular weight excluding hydrogens is 426 g/mol. The van der Waals surface area contributed by atoms with E-state index in [4.69, 9.17) is 4.98 Å². The summed E-state index contributed by atoms with van der Waals surface area (Å²) in [7, 11) is 0. The van der Waals surface area contributed by atoms with E-state index in [0.29, 0.717) is 23.8 Å². The van der Waals surface area contributed by atoms with Crippen molar-refractivity contribution in [3.8, 4) is 11.4 Å². The standard InChI is InChI=1S/C22H21N7O2S/c1-5-17-14(4)32-22-18(17)21-24-20(26-28(21)11-23-22)16-8-6-15(7-9-16)10-27-13(3)19(29(30)31)12(2)25-27/h6-9,11H,5,10H2,1-4H3. The van der Waals surface area contributed by atoms with Crippen LogP contribution in [0.2, 0.25) is 0 Å². The molecular formula is C22H21N7O2S. The van der Waals surface area contributed by atoms with E-state index in [1.165, 1.54) is 10.4 Å². The van der Waals surface area contributed by atoms with Crippen LogP contribution in [0, 0.1) is 30.9 Å². The molecule has 10 heteroatoms. The molecule has 0 aliphatic rings. The highest BCUT2D eigenvalue weighted by Crippen LogP contribution is 2.32. The molecule has 9 nitrogen and oxygen atoms in total. The van der Waals surface area contributed by atoms with Gasteiger partial charge in [0.25, 0.3) is 0 Å². The summed E-state index contributed by atoms with van der Waals surface area (Å²) in [6.07, 6.45) is 2.64. The van der Waals surface area contributed by atoms with E-state index >= 15 is 0 Å². The summed E-state index contributed by atoms with van der Waals surface area (Å²) in [6.45, 7) is 8.10. The number of nitrogens with zero attached hydrogens (tertiary/aromatic N) is 7. The molecule has 32 heavy (non-hydrogen) atoms. The number of benzene rings is 1. The van der Waals surface area contributed by atoms with Crippen LogP contribution in [0.4, 0.5) is 5.69 Å². The highest BCUT2D eigenvalue weighted by molar-refractivity contribution is 7.18. The minimum Gasteiger partial charge on any atom is -0.258 e. The van der Waals surface area contributed by atoms with Crippen molar-refractivity contribution in [2.24, 2.45) is 0 Å². The molecule has 5 aromatic rings. The van der Waals surface area contributed by atoms with Gasteiger partial charge >= 0.3 is 5.69 Å². The largest absolute Gasteiger partial charge is 0.312 e. The van der Waals surface area contributed by atoms with Crippen LogP contribution in [0.25, 0.3) is 27.3 Å². The van der Waals surface area contributed by atoms with Crippen molar-refractivity contribution >= 4 is 32.9 Å². The van der Waals surface area contributed by atoms with Gasteiger partial charge in [0.15, 0.2) is 11.5 Å². The van der Waals surface area contributed by atoms with Gasteiger partial charge in [0.2, 0.25) is 0 Å². The molecule has 162 valence electrons. The number of aromatic nitrogens is 6. The second kappa shape index (κ2) is 7.49. The van der Waals surface area contributed by atoms with Crippen LogP contribution in [-0.2, 0) is 13.0 Å². The lowest BCUT2D eigenvalue weighted by molar-refractivity contribution is -0.386. The molecule has 5 rings (SSSR count). The van der Waals surface area contributed by atoms with E-state index in [2.05, 4.69) is 29.0 Å². The van der Waals surface area contributed by atoms with Crippen LogP contribution >= 0.6 is 11.3 Å². The fraction of sp³-hybridized carbons (Fsp3) is 0.273. The molecule has 0 bridgehead atoms. The molecule has 0 radical (unpaired) electrons. The minimum absolute atomic E-state index is 0.0746. The van der Waals surface area contributed by atoms with Gasteiger partial charge in [-0.05, 0) is 38.3 Å². The van der Waals surface area contributed by atoms with Gasteiger partial charge in [0.1, 0.15) is 22.5 Å². The average Bonchev–Trinajstić information content (AvgIpc) is 3.41. The molecule has 0 fully saturated rings. The van der Waals surface area contributed by atoms with Gasteiger partial charge in [-0.15, -0.1) is 16.4 Å². The van der Waals surface area contributed by atoms with E-state index in [9.17, 15) is 10.1 Å². The van der Waals surface area contributed by atoms with Gasteiger partial charge < -0.3 is 0 Å². The fourth-order valence-corrected chi connectivity index (χ4v) is 5.23. The van der Waals surface area contributed by atoms with E-state index in [-0.39, 0.29) is 10.6 Å². The van der Waals surface area contributed by atoms with Gasteiger partial charge in [-0.2, -0.15) is 5.10 Å². The first-order chi connectivity index (χ1) is 15.4. The van der Waals surface area contributed by atoms with Gasteiger partial charge in [-0.25, -0.2) is 14.5 Å². The van der Waals surface area contributed by atoms with Crippen molar-refractivity contribution in [1.82, 2.24) is 29.4 Å². The first-order valence-corrected chi connectivity index (χ1v) is 11.1. The summed E-state index contributed by atoms with van der Waals surface area (Å²) in [5, 5.41) is 21.3. The van der Waals surface area contributed by atoms with Gasteiger partial charge in [0, 0.05) is 10.4 Å². The Labute approximate surface area is 187 Å². The fourth-order valence-electron chi connectivity index (χ4n) is 4.15. The molecule has 0 aliphatic heterocycles. The molecule has 4 aromatic heterocycles. The Bertz CT molecular complexity index is 1490. The maximum Gasteiger partial charge on any atom is 0.312 e. The molecule has 0 spiro atoms.